The van der Waals surface area contributed by atoms with Crippen LogP contribution >= 0.6 is 0 Å². The zero-order valence-electron chi connectivity index (χ0n) is 14.7. The molecule has 1 aromatic carbocycles. The second-order valence-corrected chi connectivity index (χ2v) is 7.57. The number of nitrogens with zero attached hydrogens (tertiary/aromatic N) is 3. The number of ether oxygens (including phenoxy) is 1. The van der Waals surface area contributed by atoms with Crippen molar-refractivity contribution in [3.63, 3.8) is 0 Å². The first-order valence-corrected chi connectivity index (χ1v) is 9.60. The molecule has 0 aliphatic rings. The van der Waals surface area contributed by atoms with Crippen LogP contribution in [0.3, 0.4) is 0 Å². The molecular weight excluding hydrogens is 360 g/mol. The Balaban J connectivity index is 2.11. The summed E-state index contributed by atoms with van der Waals surface area (Å²) in [6.45, 7) is 1.68. The molecule has 0 bridgehead atoms. The first-order chi connectivity index (χ1) is 12.2. The zero-order chi connectivity index (χ0) is 19.3. The topological polar surface area (TPSA) is 111 Å². The molecule has 0 saturated heterocycles. The lowest BCUT2D eigenvalue weighted by atomic mass is 10.2. The number of amides is 1. The number of likely N-dealkylation sites (N-methyl/N-ethyl adjacent to an activating group) is 1. The fourth-order valence-electron chi connectivity index (χ4n) is 2.03. The van der Waals surface area contributed by atoms with Crippen LogP contribution in [0.4, 0.5) is 5.69 Å². The van der Waals surface area contributed by atoms with Crippen LogP contribution < -0.4 is 5.32 Å². The average molecular weight is 380 g/mol. The second-order valence-electron chi connectivity index (χ2n) is 5.48. The fraction of sp³-hybridized carbons (Fsp3) is 0.312. The van der Waals surface area contributed by atoms with Crippen molar-refractivity contribution in [2.24, 2.45) is 0 Å². The quantitative estimate of drug-likeness (QED) is 0.714. The molecule has 2 aromatic rings. The van der Waals surface area contributed by atoms with Crippen LogP contribution in [0, 0.1) is 0 Å². The van der Waals surface area contributed by atoms with E-state index in [0.29, 0.717) is 11.4 Å². The Morgan fingerprint density at radius 2 is 2.04 bits per heavy atom. The maximum absolute atomic E-state index is 12.0. The number of hydrogen-bond donors (Lipinski definition) is 1. The Labute approximate surface area is 151 Å². The van der Waals surface area contributed by atoms with Crippen molar-refractivity contribution >= 4 is 27.6 Å². The Morgan fingerprint density at radius 1 is 1.31 bits per heavy atom. The van der Waals surface area contributed by atoms with Gasteiger partial charge in [-0.3, -0.25) is 4.79 Å². The van der Waals surface area contributed by atoms with Crippen molar-refractivity contribution in [2.75, 3.05) is 31.8 Å². The van der Waals surface area contributed by atoms with Gasteiger partial charge in [0.2, 0.25) is 15.9 Å². The van der Waals surface area contributed by atoms with Gasteiger partial charge in [0.15, 0.2) is 5.69 Å². The van der Waals surface area contributed by atoms with Gasteiger partial charge < -0.3 is 10.1 Å². The van der Waals surface area contributed by atoms with E-state index < -0.39 is 21.9 Å². The van der Waals surface area contributed by atoms with Crippen LogP contribution in [-0.2, 0) is 19.6 Å². The summed E-state index contributed by atoms with van der Waals surface area (Å²) < 4.78 is 30.0. The molecule has 10 heteroatoms. The van der Waals surface area contributed by atoms with Gasteiger partial charge in [-0.05, 0) is 31.2 Å². The Bertz CT molecular complexity index is 907. The van der Waals surface area contributed by atoms with E-state index in [1.165, 1.54) is 17.8 Å². The maximum atomic E-state index is 12.0. The van der Waals surface area contributed by atoms with Gasteiger partial charge in [-0.25, -0.2) is 17.9 Å². The molecular formula is C16H20N4O5S. The third kappa shape index (κ3) is 5.14. The predicted octanol–water partition coefficient (Wildman–Crippen LogP) is 0.879. The normalized spacial score (nSPS) is 11.4. The molecule has 0 aliphatic heterocycles. The molecule has 0 radical (unpaired) electrons. The molecule has 1 heterocycles. The number of sulfonamides is 1. The van der Waals surface area contributed by atoms with E-state index in [2.05, 4.69) is 10.4 Å². The van der Waals surface area contributed by atoms with Crippen LogP contribution in [-0.4, -0.2) is 60.8 Å². The van der Waals surface area contributed by atoms with E-state index in [1.54, 1.807) is 37.4 Å². The third-order valence-corrected chi connectivity index (χ3v) is 4.66. The van der Waals surface area contributed by atoms with Crippen LogP contribution in [0.5, 0.6) is 0 Å². The lowest BCUT2D eigenvalue weighted by Crippen LogP contribution is -2.34. The molecule has 0 aliphatic carbocycles. The van der Waals surface area contributed by atoms with Crippen molar-refractivity contribution in [2.45, 2.75) is 6.92 Å². The SMILES string of the molecule is CCOC(=O)c1ccn(-c2cccc(NC(=O)CN(C)S(C)(=O)=O)c2)n1. The molecule has 140 valence electrons. The number of esters is 1. The minimum absolute atomic E-state index is 0.177. The smallest absolute Gasteiger partial charge is 0.358 e. The molecule has 0 unspecified atom stereocenters. The lowest BCUT2D eigenvalue weighted by molar-refractivity contribution is -0.116. The zero-order valence-corrected chi connectivity index (χ0v) is 15.5. The molecule has 0 saturated carbocycles. The second kappa shape index (κ2) is 8.11. The molecule has 0 fully saturated rings. The molecule has 2 rings (SSSR count). The average Bonchev–Trinajstić information content (AvgIpc) is 3.04. The first-order valence-electron chi connectivity index (χ1n) is 7.75. The number of hydrogen-bond acceptors (Lipinski definition) is 6. The largest absolute Gasteiger partial charge is 0.461 e. The summed E-state index contributed by atoms with van der Waals surface area (Å²) in [4.78, 5) is 23.7. The van der Waals surface area contributed by atoms with Gasteiger partial charge in [-0.1, -0.05) is 6.07 Å². The van der Waals surface area contributed by atoms with Crippen LogP contribution in [0.1, 0.15) is 17.4 Å². The number of nitrogens with one attached hydrogen (secondary N) is 1. The van der Waals surface area contributed by atoms with E-state index in [4.69, 9.17) is 4.74 Å². The van der Waals surface area contributed by atoms with Gasteiger partial charge in [0.1, 0.15) is 0 Å². The number of benzene rings is 1. The van der Waals surface area contributed by atoms with Crippen molar-refractivity contribution in [3.05, 3.63) is 42.2 Å². The van der Waals surface area contributed by atoms with Gasteiger partial charge in [0.05, 0.1) is 25.1 Å². The standard InChI is InChI=1S/C16H20N4O5S/c1-4-25-16(22)14-8-9-20(18-14)13-7-5-6-12(10-13)17-15(21)11-19(2)26(3,23)24/h5-10H,4,11H2,1-3H3,(H,17,21). The number of anilines is 1. The summed E-state index contributed by atoms with van der Waals surface area (Å²) in [5.41, 5.74) is 1.27. The van der Waals surface area contributed by atoms with Crippen LogP contribution in [0.2, 0.25) is 0 Å². The summed E-state index contributed by atoms with van der Waals surface area (Å²) in [7, 11) is -2.11. The number of aromatic nitrogens is 2. The highest BCUT2D eigenvalue weighted by Gasteiger charge is 2.15. The van der Waals surface area contributed by atoms with E-state index in [-0.39, 0.29) is 18.8 Å². The van der Waals surface area contributed by atoms with E-state index in [1.807, 2.05) is 0 Å². The summed E-state index contributed by atoms with van der Waals surface area (Å²) >= 11 is 0. The molecule has 1 amide bonds. The van der Waals surface area contributed by atoms with Gasteiger partial charge in [0, 0.05) is 18.9 Å². The van der Waals surface area contributed by atoms with Crippen molar-refractivity contribution in [1.29, 1.82) is 0 Å². The molecule has 1 N–H and O–H groups in total. The summed E-state index contributed by atoms with van der Waals surface area (Å²) in [6, 6.07) is 8.30. The van der Waals surface area contributed by atoms with Crippen LogP contribution in [0.15, 0.2) is 36.5 Å². The molecule has 26 heavy (non-hydrogen) atoms. The summed E-state index contributed by atoms with van der Waals surface area (Å²) in [6.07, 6.45) is 2.63. The lowest BCUT2D eigenvalue weighted by Gasteiger charge is -2.14. The molecule has 0 atom stereocenters. The number of carbonyl (C=O) groups excluding carboxylic acids is 2. The first kappa shape index (κ1) is 19.6. The Hall–Kier alpha value is -2.72. The summed E-state index contributed by atoms with van der Waals surface area (Å²) in [5, 5.41) is 6.77. The van der Waals surface area contributed by atoms with Crippen molar-refractivity contribution in [3.8, 4) is 5.69 Å². The highest BCUT2D eigenvalue weighted by atomic mass is 32.2. The van der Waals surface area contributed by atoms with Crippen molar-refractivity contribution in [1.82, 2.24) is 14.1 Å². The fourth-order valence-corrected chi connectivity index (χ4v) is 2.38. The highest BCUT2D eigenvalue weighted by molar-refractivity contribution is 7.88. The van der Waals surface area contributed by atoms with Crippen molar-refractivity contribution < 1.29 is 22.7 Å². The minimum atomic E-state index is -3.44. The van der Waals surface area contributed by atoms with Gasteiger partial charge in [-0.15, -0.1) is 0 Å². The number of rotatable bonds is 7. The molecule has 0 spiro atoms. The monoisotopic (exact) mass is 380 g/mol. The maximum Gasteiger partial charge on any atom is 0.358 e. The summed E-state index contributed by atoms with van der Waals surface area (Å²) in [5.74, 6) is -0.984. The van der Waals surface area contributed by atoms with E-state index in [0.717, 1.165) is 10.6 Å². The molecule has 9 nitrogen and oxygen atoms in total. The van der Waals surface area contributed by atoms with Gasteiger partial charge in [-0.2, -0.15) is 9.40 Å². The minimum Gasteiger partial charge on any atom is -0.461 e. The van der Waals surface area contributed by atoms with E-state index in [9.17, 15) is 18.0 Å². The highest BCUT2D eigenvalue weighted by Crippen LogP contribution is 2.15. The van der Waals surface area contributed by atoms with Gasteiger partial charge in [0.25, 0.3) is 0 Å². The van der Waals surface area contributed by atoms with E-state index >= 15 is 0 Å². The van der Waals surface area contributed by atoms with Gasteiger partial charge >= 0.3 is 5.97 Å². The Morgan fingerprint density at radius 3 is 2.69 bits per heavy atom. The predicted molar refractivity (Wildman–Crippen MR) is 95.6 cm³/mol. The Kier molecular flexibility index (Phi) is 6.11. The number of carbonyl (C=O) groups is 2. The molecule has 1 aromatic heterocycles. The third-order valence-electron chi connectivity index (χ3n) is 3.40. The van der Waals surface area contributed by atoms with Crippen LogP contribution in [0.25, 0.3) is 5.69 Å².